The summed E-state index contributed by atoms with van der Waals surface area (Å²) in [4.78, 5) is 34.6. The zero-order chi connectivity index (χ0) is 27.7. The van der Waals surface area contributed by atoms with Crippen molar-refractivity contribution < 1.29 is 14.3 Å². The molecule has 1 aliphatic rings. The summed E-state index contributed by atoms with van der Waals surface area (Å²) in [7, 11) is 0. The molecule has 0 radical (unpaired) electrons. The molecule has 0 unspecified atom stereocenters. The number of anilines is 3. The summed E-state index contributed by atoms with van der Waals surface area (Å²) in [5.41, 5.74) is 3.22. The van der Waals surface area contributed by atoms with E-state index in [-0.39, 0.29) is 12.7 Å². The number of carbonyl (C=O) groups excluding carboxylic acids is 1. The molecular formula is C27H32ClN9O3. The lowest BCUT2D eigenvalue weighted by atomic mass is 10.2. The SMILES string of the molecule is CCOCCn1nc(CCCl)c2nc(N3CCN(C(=O)OCc4ccccc4)CC3)nc(Nc3ccncn3)c21. The van der Waals surface area contributed by atoms with E-state index in [4.69, 9.17) is 36.1 Å². The average molecular weight is 566 g/mol. The van der Waals surface area contributed by atoms with Crippen LogP contribution in [0, 0.1) is 0 Å². The first kappa shape index (κ1) is 27.5. The minimum atomic E-state index is -0.328. The zero-order valence-electron chi connectivity index (χ0n) is 22.4. The molecule has 12 nitrogen and oxygen atoms in total. The number of piperazine rings is 1. The first-order chi connectivity index (χ1) is 19.7. The van der Waals surface area contributed by atoms with Crippen LogP contribution in [0.25, 0.3) is 11.0 Å². The fourth-order valence-corrected chi connectivity index (χ4v) is 4.64. The lowest BCUT2D eigenvalue weighted by Gasteiger charge is -2.34. The molecule has 0 spiro atoms. The number of amides is 1. The second-order valence-electron chi connectivity index (χ2n) is 9.11. The zero-order valence-corrected chi connectivity index (χ0v) is 23.1. The van der Waals surface area contributed by atoms with Gasteiger partial charge in [-0.15, -0.1) is 11.6 Å². The topological polar surface area (TPSA) is 123 Å². The molecule has 0 aliphatic carbocycles. The number of fused-ring (bicyclic) bond motifs is 1. The Morgan fingerprint density at radius 3 is 2.65 bits per heavy atom. The van der Waals surface area contributed by atoms with Crippen molar-refractivity contribution in [2.24, 2.45) is 0 Å². The lowest BCUT2D eigenvalue weighted by Crippen LogP contribution is -2.49. The summed E-state index contributed by atoms with van der Waals surface area (Å²) in [6.45, 7) is 5.96. The van der Waals surface area contributed by atoms with Crippen molar-refractivity contribution in [3.8, 4) is 0 Å². The molecule has 13 heteroatoms. The van der Waals surface area contributed by atoms with Crippen LogP contribution in [0.15, 0.2) is 48.9 Å². The Kier molecular flexibility index (Phi) is 9.19. The summed E-state index contributed by atoms with van der Waals surface area (Å²) in [6, 6.07) is 11.4. The molecule has 4 heterocycles. The molecule has 4 aromatic rings. The number of alkyl halides is 1. The summed E-state index contributed by atoms with van der Waals surface area (Å²) in [6.07, 6.45) is 3.37. The van der Waals surface area contributed by atoms with Crippen LogP contribution < -0.4 is 10.2 Å². The molecule has 0 saturated carbocycles. The number of ether oxygens (including phenoxy) is 2. The van der Waals surface area contributed by atoms with Crippen molar-refractivity contribution in [3.63, 3.8) is 0 Å². The summed E-state index contributed by atoms with van der Waals surface area (Å²) >= 11 is 6.13. The van der Waals surface area contributed by atoms with Gasteiger partial charge in [0.05, 0.1) is 18.8 Å². The van der Waals surface area contributed by atoms with E-state index in [1.807, 2.05) is 41.9 Å². The van der Waals surface area contributed by atoms with E-state index in [2.05, 4.69) is 20.2 Å². The number of halogens is 1. The number of hydrogen-bond donors (Lipinski definition) is 1. The van der Waals surface area contributed by atoms with E-state index in [1.165, 1.54) is 6.33 Å². The summed E-state index contributed by atoms with van der Waals surface area (Å²) in [5.74, 6) is 2.13. The maximum Gasteiger partial charge on any atom is 0.410 e. The predicted molar refractivity (Wildman–Crippen MR) is 152 cm³/mol. The molecule has 1 amide bonds. The van der Waals surface area contributed by atoms with E-state index in [9.17, 15) is 4.79 Å². The average Bonchev–Trinajstić information content (AvgIpc) is 3.34. The molecular weight excluding hydrogens is 534 g/mol. The monoisotopic (exact) mass is 565 g/mol. The van der Waals surface area contributed by atoms with E-state index >= 15 is 0 Å². The molecule has 3 aromatic heterocycles. The largest absolute Gasteiger partial charge is 0.445 e. The van der Waals surface area contributed by atoms with Crippen LogP contribution in [0.1, 0.15) is 18.2 Å². The highest BCUT2D eigenvalue weighted by atomic mass is 35.5. The minimum absolute atomic E-state index is 0.244. The van der Waals surface area contributed by atoms with Crippen LogP contribution in [0.2, 0.25) is 0 Å². The molecule has 210 valence electrons. The molecule has 0 bridgehead atoms. The van der Waals surface area contributed by atoms with E-state index < -0.39 is 0 Å². The normalized spacial score (nSPS) is 13.6. The molecule has 1 N–H and O–H groups in total. The third-order valence-electron chi connectivity index (χ3n) is 6.48. The van der Waals surface area contributed by atoms with E-state index in [0.29, 0.717) is 75.8 Å². The minimum Gasteiger partial charge on any atom is -0.445 e. The molecule has 40 heavy (non-hydrogen) atoms. The summed E-state index contributed by atoms with van der Waals surface area (Å²) < 4.78 is 13.0. The first-order valence-electron chi connectivity index (χ1n) is 13.3. The van der Waals surface area contributed by atoms with Gasteiger partial charge in [0.2, 0.25) is 5.95 Å². The Morgan fingerprint density at radius 1 is 1.10 bits per heavy atom. The number of hydrogen-bond acceptors (Lipinski definition) is 10. The Bertz CT molecular complexity index is 1400. The third kappa shape index (κ3) is 6.57. The fraction of sp³-hybridized carbons (Fsp3) is 0.407. The van der Waals surface area contributed by atoms with Crippen molar-refractivity contribution >= 4 is 46.3 Å². The van der Waals surface area contributed by atoms with Crippen LogP contribution in [0.3, 0.4) is 0 Å². The van der Waals surface area contributed by atoms with Gasteiger partial charge in [0, 0.05) is 51.3 Å². The number of nitrogens with one attached hydrogen (secondary N) is 1. The highest BCUT2D eigenvalue weighted by Gasteiger charge is 2.26. The van der Waals surface area contributed by atoms with Gasteiger partial charge in [-0.05, 0) is 18.6 Å². The quantitative estimate of drug-likeness (QED) is 0.213. The second kappa shape index (κ2) is 13.4. The second-order valence-corrected chi connectivity index (χ2v) is 9.49. The number of aromatic nitrogens is 6. The van der Waals surface area contributed by atoms with E-state index in [0.717, 1.165) is 22.3 Å². The maximum absolute atomic E-state index is 12.7. The van der Waals surface area contributed by atoms with Crippen LogP contribution in [-0.2, 0) is 29.0 Å². The van der Waals surface area contributed by atoms with Gasteiger partial charge in [0.1, 0.15) is 29.8 Å². The molecule has 1 saturated heterocycles. The Hall–Kier alpha value is -4.03. The van der Waals surface area contributed by atoms with Crippen LogP contribution in [0.4, 0.5) is 22.4 Å². The number of rotatable bonds is 11. The van der Waals surface area contributed by atoms with Gasteiger partial charge in [-0.2, -0.15) is 10.1 Å². The number of nitrogens with zero attached hydrogens (tertiary/aromatic N) is 8. The van der Waals surface area contributed by atoms with Gasteiger partial charge in [-0.25, -0.2) is 19.7 Å². The number of benzene rings is 1. The standard InChI is InChI=1S/C27H32ClN9O3/c1-2-39-17-16-37-24-23(21(34-37)8-10-28)32-26(33-25(24)31-22-9-11-29-19-30-22)35-12-14-36(15-13-35)27(38)40-18-20-6-4-3-5-7-20/h3-7,9,11,19H,2,8,10,12-18H2,1H3,(H,29,30,31,32,33). The third-order valence-corrected chi connectivity index (χ3v) is 6.67. The smallest absolute Gasteiger partial charge is 0.410 e. The van der Waals surface area contributed by atoms with E-state index in [1.54, 1.807) is 17.2 Å². The molecule has 1 fully saturated rings. The van der Waals surface area contributed by atoms with Gasteiger partial charge >= 0.3 is 6.09 Å². The first-order valence-corrected chi connectivity index (χ1v) is 13.8. The molecule has 0 atom stereocenters. The van der Waals surface area contributed by atoms with Crippen LogP contribution in [-0.4, -0.2) is 86.0 Å². The Morgan fingerprint density at radius 2 is 1.93 bits per heavy atom. The van der Waals surface area contributed by atoms with Crippen molar-refractivity contribution in [1.29, 1.82) is 0 Å². The van der Waals surface area contributed by atoms with Gasteiger partial charge < -0.3 is 24.6 Å². The molecule has 1 aromatic carbocycles. The Labute approximate surface area is 237 Å². The predicted octanol–water partition coefficient (Wildman–Crippen LogP) is 3.64. The lowest BCUT2D eigenvalue weighted by molar-refractivity contribution is 0.0941. The number of carbonyl (C=O) groups is 1. The van der Waals surface area contributed by atoms with Crippen LogP contribution in [0.5, 0.6) is 0 Å². The van der Waals surface area contributed by atoms with Crippen molar-refractivity contribution in [2.45, 2.75) is 26.5 Å². The highest BCUT2D eigenvalue weighted by molar-refractivity contribution is 6.18. The van der Waals surface area contributed by atoms with Crippen LogP contribution >= 0.6 is 11.6 Å². The van der Waals surface area contributed by atoms with Gasteiger partial charge in [-0.3, -0.25) is 4.68 Å². The van der Waals surface area contributed by atoms with Crippen molar-refractivity contribution in [3.05, 3.63) is 60.2 Å². The molecule has 1 aliphatic heterocycles. The fourth-order valence-electron chi connectivity index (χ4n) is 4.46. The maximum atomic E-state index is 12.7. The van der Waals surface area contributed by atoms with Gasteiger partial charge in [0.25, 0.3) is 0 Å². The Balaban J connectivity index is 1.38. The number of aryl methyl sites for hydroxylation is 1. The molecule has 5 rings (SSSR count). The van der Waals surface area contributed by atoms with Gasteiger partial charge in [0.15, 0.2) is 5.82 Å². The summed E-state index contributed by atoms with van der Waals surface area (Å²) in [5, 5.41) is 8.13. The van der Waals surface area contributed by atoms with Gasteiger partial charge in [-0.1, -0.05) is 30.3 Å². The van der Waals surface area contributed by atoms with Crippen molar-refractivity contribution in [1.82, 2.24) is 34.6 Å². The highest BCUT2D eigenvalue weighted by Crippen LogP contribution is 2.29. The van der Waals surface area contributed by atoms with Crippen molar-refractivity contribution in [2.75, 3.05) is 55.5 Å².